The van der Waals surface area contributed by atoms with Gasteiger partial charge < -0.3 is 10.6 Å². The number of benzene rings is 1. The Kier molecular flexibility index (Phi) is 2.68. The van der Waals surface area contributed by atoms with E-state index in [2.05, 4.69) is 0 Å². The maximum Gasteiger partial charge on any atom is 0.237 e. The lowest BCUT2D eigenvalue weighted by Gasteiger charge is -2.24. The predicted molar refractivity (Wildman–Crippen MR) is 64.1 cm³/mol. The van der Waals surface area contributed by atoms with Crippen molar-refractivity contribution < 1.29 is 4.79 Å². The van der Waals surface area contributed by atoms with Gasteiger partial charge in [0.25, 0.3) is 0 Å². The molecule has 3 nitrogen and oxygen atoms in total. The van der Waals surface area contributed by atoms with Crippen molar-refractivity contribution in [2.75, 3.05) is 18.5 Å². The van der Waals surface area contributed by atoms with E-state index in [4.69, 9.17) is 5.73 Å². The highest BCUT2D eigenvalue weighted by atomic mass is 32.2. The van der Waals surface area contributed by atoms with Crippen LogP contribution in [0.1, 0.15) is 5.56 Å². The second kappa shape index (κ2) is 3.98. The highest BCUT2D eigenvalue weighted by Gasteiger charge is 2.19. The number of nitrogens with two attached hydrogens (primary N) is 1. The summed E-state index contributed by atoms with van der Waals surface area (Å²) in [4.78, 5) is 13.2. The molecule has 0 bridgehead atoms. The van der Waals surface area contributed by atoms with Gasteiger partial charge in [-0.3, -0.25) is 4.79 Å². The van der Waals surface area contributed by atoms with Crippen LogP contribution in [0, 0.1) is 0 Å². The van der Waals surface area contributed by atoms with Gasteiger partial charge in [0.05, 0.1) is 11.4 Å². The minimum atomic E-state index is 0.125. The summed E-state index contributed by atoms with van der Waals surface area (Å²) >= 11 is 1.52. The summed E-state index contributed by atoms with van der Waals surface area (Å²) in [5.74, 6) is 0.641. The second-order valence-electron chi connectivity index (χ2n) is 3.39. The van der Waals surface area contributed by atoms with E-state index in [0.29, 0.717) is 11.4 Å². The molecule has 0 radical (unpaired) electrons. The van der Waals surface area contributed by atoms with Gasteiger partial charge in [-0.25, -0.2) is 0 Å². The molecule has 4 heteroatoms. The largest absolute Gasteiger partial charge is 0.399 e. The molecule has 1 amide bonds. The van der Waals surface area contributed by atoms with Crippen molar-refractivity contribution in [3.63, 3.8) is 0 Å². The average molecular weight is 220 g/mol. The third-order valence-electron chi connectivity index (χ3n) is 2.32. The Morgan fingerprint density at radius 2 is 2.27 bits per heavy atom. The molecule has 0 saturated carbocycles. The molecule has 0 fully saturated rings. The molecule has 0 saturated heterocycles. The zero-order valence-corrected chi connectivity index (χ0v) is 9.25. The monoisotopic (exact) mass is 220 g/mol. The van der Waals surface area contributed by atoms with E-state index in [-0.39, 0.29) is 5.91 Å². The Balaban J connectivity index is 2.38. The van der Waals surface area contributed by atoms with Crippen molar-refractivity contribution in [2.24, 2.45) is 0 Å². The number of anilines is 1. The lowest BCUT2D eigenvalue weighted by atomic mass is 10.1. The van der Waals surface area contributed by atoms with Crippen molar-refractivity contribution in [1.82, 2.24) is 4.90 Å². The Labute approximate surface area is 92.9 Å². The second-order valence-corrected chi connectivity index (χ2v) is 4.25. The lowest BCUT2D eigenvalue weighted by molar-refractivity contribution is -0.124. The number of rotatable bonds is 1. The van der Waals surface area contributed by atoms with Gasteiger partial charge in [-0.05, 0) is 17.5 Å². The minimum Gasteiger partial charge on any atom is -0.399 e. The number of nitrogen functional groups attached to an aromatic ring is 1. The van der Waals surface area contributed by atoms with Crippen LogP contribution in [0.5, 0.6) is 0 Å². The van der Waals surface area contributed by atoms with Gasteiger partial charge in [-0.15, -0.1) is 11.8 Å². The molecular formula is C11H12N2OS. The minimum absolute atomic E-state index is 0.125. The molecule has 0 aromatic heterocycles. The van der Waals surface area contributed by atoms with Crippen molar-refractivity contribution in [1.29, 1.82) is 0 Å². The lowest BCUT2D eigenvalue weighted by Crippen LogP contribution is -2.29. The standard InChI is InChI=1S/C11H12N2OS/c1-13-10(6-15-7-11(13)14)8-3-2-4-9(12)5-8/h2-6H,7,12H2,1H3. The number of carbonyl (C=O) groups is 1. The first-order chi connectivity index (χ1) is 7.18. The molecule has 2 N–H and O–H groups in total. The number of nitrogens with zero attached hydrogens (tertiary/aromatic N) is 1. The van der Waals surface area contributed by atoms with Crippen LogP contribution in [0.4, 0.5) is 5.69 Å². The fraction of sp³-hybridized carbons (Fsp3) is 0.182. The molecule has 0 aliphatic carbocycles. The van der Waals surface area contributed by atoms with E-state index in [0.717, 1.165) is 11.3 Å². The molecule has 1 aliphatic heterocycles. The number of carbonyl (C=O) groups excluding carboxylic acids is 1. The van der Waals surface area contributed by atoms with Crippen molar-refractivity contribution in [3.8, 4) is 0 Å². The van der Waals surface area contributed by atoms with E-state index < -0.39 is 0 Å². The van der Waals surface area contributed by atoms with E-state index in [9.17, 15) is 4.79 Å². The summed E-state index contributed by atoms with van der Waals surface area (Å²) in [6, 6.07) is 7.56. The van der Waals surface area contributed by atoms with E-state index in [1.165, 1.54) is 11.8 Å². The molecule has 78 valence electrons. The molecule has 1 aromatic carbocycles. The third kappa shape index (κ3) is 1.99. The molecule has 1 heterocycles. The van der Waals surface area contributed by atoms with Crippen LogP contribution in [-0.2, 0) is 4.79 Å². The van der Waals surface area contributed by atoms with Crippen molar-refractivity contribution in [2.45, 2.75) is 0 Å². The van der Waals surface area contributed by atoms with Crippen LogP contribution in [0.3, 0.4) is 0 Å². The van der Waals surface area contributed by atoms with Crippen LogP contribution >= 0.6 is 11.8 Å². The van der Waals surface area contributed by atoms with Crippen LogP contribution in [0.2, 0.25) is 0 Å². The van der Waals surface area contributed by atoms with Gasteiger partial charge in [-0.1, -0.05) is 12.1 Å². The Morgan fingerprint density at radius 3 is 3.00 bits per heavy atom. The molecule has 2 rings (SSSR count). The Bertz CT molecular complexity index is 428. The van der Waals surface area contributed by atoms with Gasteiger partial charge in [0, 0.05) is 18.3 Å². The number of thioether (sulfide) groups is 1. The molecule has 0 spiro atoms. The fourth-order valence-corrected chi connectivity index (χ4v) is 2.33. The Hall–Kier alpha value is -1.42. The summed E-state index contributed by atoms with van der Waals surface area (Å²) < 4.78 is 0. The first kappa shape index (κ1) is 10.1. The van der Waals surface area contributed by atoms with E-state index in [1.807, 2.05) is 29.7 Å². The highest BCUT2D eigenvalue weighted by Crippen LogP contribution is 2.27. The highest BCUT2D eigenvalue weighted by molar-refractivity contribution is 8.03. The van der Waals surface area contributed by atoms with Crippen molar-refractivity contribution in [3.05, 3.63) is 35.2 Å². The third-order valence-corrected chi connectivity index (χ3v) is 3.12. The van der Waals surface area contributed by atoms with Gasteiger partial charge >= 0.3 is 0 Å². The number of hydrogen-bond donors (Lipinski definition) is 1. The molecule has 15 heavy (non-hydrogen) atoms. The first-order valence-electron chi connectivity index (χ1n) is 4.63. The van der Waals surface area contributed by atoms with Crippen LogP contribution < -0.4 is 5.73 Å². The predicted octanol–water partition coefficient (Wildman–Crippen LogP) is 1.77. The summed E-state index contributed by atoms with van der Waals surface area (Å²) in [6.07, 6.45) is 0. The summed E-state index contributed by atoms with van der Waals surface area (Å²) in [7, 11) is 1.79. The van der Waals surface area contributed by atoms with E-state index >= 15 is 0 Å². The SMILES string of the molecule is CN1C(=O)CSC=C1c1cccc(N)c1. The summed E-state index contributed by atoms with van der Waals surface area (Å²) in [5.41, 5.74) is 8.32. The summed E-state index contributed by atoms with van der Waals surface area (Å²) in [5, 5.41) is 2.00. The van der Waals surface area contributed by atoms with Crippen LogP contribution in [0.15, 0.2) is 29.7 Å². The van der Waals surface area contributed by atoms with Gasteiger partial charge in [0.2, 0.25) is 5.91 Å². The topological polar surface area (TPSA) is 46.3 Å². The van der Waals surface area contributed by atoms with Crippen LogP contribution in [0.25, 0.3) is 5.70 Å². The maximum absolute atomic E-state index is 11.5. The fourth-order valence-electron chi connectivity index (χ4n) is 1.46. The Morgan fingerprint density at radius 1 is 1.47 bits per heavy atom. The number of amides is 1. The average Bonchev–Trinajstić information content (AvgIpc) is 2.22. The normalized spacial score (nSPS) is 16.5. The summed E-state index contributed by atoms with van der Waals surface area (Å²) in [6.45, 7) is 0. The zero-order valence-electron chi connectivity index (χ0n) is 8.43. The quantitative estimate of drug-likeness (QED) is 0.734. The molecule has 1 aliphatic rings. The van der Waals surface area contributed by atoms with Gasteiger partial charge in [0.1, 0.15) is 0 Å². The molecular weight excluding hydrogens is 208 g/mol. The zero-order chi connectivity index (χ0) is 10.8. The van der Waals surface area contributed by atoms with Crippen LogP contribution in [-0.4, -0.2) is 23.6 Å². The molecule has 0 atom stereocenters. The molecule has 0 unspecified atom stereocenters. The van der Waals surface area contributed by atoms with Gasteiger partial charge in [0.15, 0.2) is 0 Å². The molecule has 1 aromatic rings. The smallest absolute Gasteiger partial charge is 0.237 e. The van der Waals surface area contributed by atoms with Crippen molar-refractivity contribution >= 4 is 29.1 Å². The van der Waals surface area contributed by atoms with Gasteiger partial charge in [-0.2, -0.15) is 0 Å². The number of hydrogen-bond acceptors (Lipinski definition) is 3. The first-order valence-corrected chi connectivity index (χ1v) is 5.67. The maximum atomic E-state index is 11.5. The van der Waals surface area contributed by atoms with E-state index in [1.54, 1.807) is 11.9 Å².